The molecule has 1 atom stereocenters. The van der Waals surface area contributed by atoms with E-state index < -0.39 is 6.10 Å². The van der Waals surface area contributed by atoms with Crippen LogP contribution in [0.2, 0.25) is 0 Å². The SMILES string of the molecule is CC(Oc1ccc(C(C)(C)C)cc1)C(=O)NCC1CNC1.Cl. The lowest BCUT2D eigenvalue weighted by Gasteiger charge is -2.27. The molecule has 1 aromatic rings. The molecule has 0 saturated carbocycles. The normalized spacial score (nSPS) is 16.2. The number of ether oxygens (including phenoxy) is 1. The highest BCUT2D eigenvalue weighted by Gasteiger charge is 2.20. The first kappa shape index (κ1) is 18.8. The van der Waals surface area contributed by atoms with E-state index in [0.717, 1.165) is 25.4 Å². The fourth-order valence-electron chi connectivity index (χ4n) is 2.17. The Kier molecular flexibility index (Phi) is 6.69. The van der Waals surface area contributed by atoms with Crippen molar-refractivity contribution < 1.29 is 9.53 Å². The number of nitrogens with one attached hydrogen (secondary N) is 2. The van der Waals surface area contributed by atoms with Crippen molar-refractivity contribution in [2.75, 3.05) is 19.6 Å². The minimum atomic E-state index is -0.474. The summed E-state index contributed by atoms with van der Waals surface area (Å²) < 4.78 is 5.70. The molecule has 1 saturated heterocycles. The van der Waals surface area contributed by atoms with Crippen LogP contribution in [0.4, 0.5) is 0 Å². The number of benzene rings is 1. The van der Waals surface area contributed by atoms with E-state index in [4.69, 9.17) is 4.74 Å². The molecule has 124 valence electrons. The average molecular weight is 327 g/mol. The molecular weight excluding hydrogens is 300 g/mol. The van der Waals surface area contributed by atoms with Gasteiger partial charge in [-0.15, -0.1) is 12.4 Å². The summed E-state index contributed by atoms with van der Waals surface area (Å²) in [5.74, 6) is 1.24. The van der Waals surface area contributed by atoms with Gasteiger partial charge in [0.1, 0.15) is 5.75 Å². The second-order valence-corrected chi connectivity index (χ2v) is 6.80. The predicted octanol–water partition coefficient (Wildman–Crippen LogP) is 2.51. The number of carbonyl (C=O) groups is 1. The Morgan fingerprint density at radius 1 is 1.32 bits per heavy atom. The van der Waals surface area contributed by atoms with Crippen molar-refractivity contribution in [3.05, 3.63) is 29.8 Å². The second kappa shape index (κ2) is 7.84. The number of hydrogen-bond donors (Lipinski definition) is 2. The van der Waals surface area contributed by atoms with Crippen LogP contribution in [-0.4, -0.2) is 31.6 Å². The summed E-state index contributed by atoms with van der Waals surface area (Å²) in [5, 5.41) is 6.13. The molecule has 1 fully saturated rings. The van der Waals surface area contributed by atoms with E-state index in [2.05, 4.69) is 43.5 Å². The molecule has 0 bridgehead atoms. The first-order valence-electron chi connectivity index (χ1n) is 7.62. The fraction of sp³-hybridized carbons (Fsp3) is 0.588. The van der Waals surface area contributed by atoms with Gasteiger partial charge < -0.3 is 15.4 Å². The zero-order valence-corrected chi connectivity index (χ0v) is 14.6. The Morgan fingerprint density at radius 3 is 2.36 bits per heavy atom. The van der Waals surface area contributed by atoms with Gasteiger partial charge in [0, 0.05) is 25.6 Å². The van der Waals surface area contributed by atoms with E-state index in [1.165, 1.54) is 5.56 Å². The summed E-state index contributed by atoms with van der Waals surface area (Å²) in [7, 11) is 0. The second-order valence-electron chi connectivity index (χ2n) is 6.80. The number of rotatable bonds is 5. The van der Waals surface area contributed by atoms with Gasteiger partial charge in [-0.2, -0.15) is 0 Å². The van der Waals surface area contributed by atoms with Gasteiger partial charge in [-0.25, -0.2) is 0 Å². The summed E-state index contributed by atoms with van der Waals surface area (Å²) in [6, 6.07) is 7.97. The Balaban J connectivity index is 0.00000242. The molecule has 2 rings (SSSR count). The number of hydrogen-bond acceptors (Lipinski definition) is 3. The van der Waals surface area contributed by atoms with Crippen LogP contribution in [0.25, 0.3) is 0 Å². The summed E-state index contributed by atoms with van der Waals surface area (Å²) in [6.07, 6.45) is -0.474. The standard InChI is InChI=1S/C17H26N2O2.ClH/c1-12(16(20)19-11-13-9-18-10-13)21-15-7-5-14(6-8-15)17(2,3)4;/h5-8,12-13,18H,9-11H2,1-4H3,(H,19,20);1H. The van der Waals surface area contributed by atoms with E-state index >= 15 is 0 Å². The van der Waals surface area contributed by atoms with Crippen LogP contribution < -0.4 is 15.4 Å². The Labute approximate surface area is 139 Å². The lowest BCUT2D eigenvalue weighted by Crippen LogP contribution is -2.49. The van der Waals surface area contributed by atoms with Gasteiger partial charge in [0.05, 0.1) is 0 Å². The maximum Gasteiger partial charge on any atom is 0.260 e. The molecule has 1 heterocycles. The average Bonchev–Trinajstić information content (AvgIpc) is 2.36. The molecule has 1 amide bonds. The van der Waals surface area contributed by atoms with Crippen molar-refractivity contribution >= 4 is 18.3 Å². The minimum Gasteiger partial charge on any atom is -0.481 e. The van der Waals surface area contributed by atoms with Gasteiger partial charge in [0.2, 0.25) is 0 Å². The number of halogens is 1. The Bertz CT molecular complexity index is 478. The highest BCUT2D eigenvalue weighted by Crippen LogP contribution is 2.24. The lowest BCUT2D eigenvalue weighted by molar-refractivity contribution is -0.127. The largest absolute Gasteiger partial charge is 0.481 e. The Morgan fingerprint density at radius 2 is 1.91 bits per heavy atom. The molecule has 1 aliphatic rings. The molecule has 1 unspecified atom stereocenters. The molecule has 1 aromatic carbocycles. The lowest BCUT2D eigenvalue weighted by atomic mass is 9.87. The highest BCUT2D eigenvalue weighted by molar-refractivity contribution is 5.85. The van der Waals surface area contributed by atoms with E-state index in [9.17, 15) is 4.79 Å². The van der Waals surface area contributed by atoms with Gasteiger partial charge in [-0.3, -0.25) is 4.79 Å². The summed E-state index contributed by atoms with van der Waals surface area (Å²) >= 11 is 0. The van der Waals surface area contributed by atoms with Crippen molar-refractivity contribution in [2.45, 2.75) is 39.2 Å². The molecule has 4 nitrogen and oxygen atoms in total. The predicted molar refractivity (Wildman–Crippen MR) is 91.8 cm³/mol. The van der Waals surface area contributed by atoms with E-state index in [1.54, 1.807) is 6.92 Å². The van der Waals surface area contributed by atoms with E-state index in [1.807, 2.05) is 12.1 Å². The van der Waals surface area contributed by atoms with Crippen LogP contribution in [0.15, 0.2) is 24.3 Å². The zero-order chi connectivity index (χ0) is 15.5. The summed E-state index contributed by atoms with van der Waals surface area (Å²) in [4.78, 5) is 12.0. The molecule has 0 radical (unpaired) electrons. The topological polar surface area (TPSA) is 50.4 Å². The van der Waals surface area contributed by atoms with Crippen LogP contribution >= 0.6 is 12.4 Å². The molecule has 5 heteroatoms. The molecule has 0 aliphatic carbocycles. The van der Waals surface area contributed by atoms with Crippen LogP contribution in [0.3, 0.4) is 0 Å². The molecule has 0 aromatic heterocycles. The highest BCUT2D eigenvalue weighted by atomic mass is 35.5. The smallest absolute Gasteiger partial charge is 0.260 e. The zero-order valence-electron chi connectivity index (χ0n) is 13.8. The fourth-order valence-corrected chi connectivity index (χ4v) is 2.17. The third-order valence-electron chi connectivity index (χ3n) is 3.83. The van der Waals surface area contributed by atoms with Gasteiger partial charge in [-0.1, -0.05) is 32.9 Å². The molecule has 0 spiro atoms. The van der Waals surface area contributed by atoms with Crippen molar-refractivity contribution in [3.8, 4) is 5.75 Å². The summed E-state index contributed by atoms with van der Waals surface area (Å²) in [5.41, 5.74) is 1.38. The van der Waals surface area contributed by atoms with Crippen LogP contribution in [0.1, 0.15) is 33.3 Å². The van der Waals surface area contributed by atoms with E-state index in [-0.39, 0.29) is 23.7 Å². The Hall–Kier alpha value is -1.26. The molecule has 2 N–H and O–H groups in total. The molecule has 22 heavy (non-hydrogen) atoms. The number of carbonyl (C=O) groups excluding carboxylic acids is 1. The van der Waals surface area contributed by atoms with Crippen molar-refractivity contribution in [1.29, 1.82) is 0 Å². The van der Waals surface area contributed by atoms with Crippen molar-refractivity contribution in [1.82, 2.24) is 10.6 Å². The van der Waals surface area contributed by atoms with Gasteiger partial charge in [-0.05, 0) is 30.0 Å². The monoisotopic (exact) mass is 326 g/mol. The van der Waals surface area contributed by atoms with Crippen molar-refractivity contribution in [2.24, 2.45) is 5.92 Å². The van der Waals surface area contributed by atoms with Crippen LogP contribution in [0.5, 0.6) is 5.75 Å². The quantitative estimate of drug-likeness (QED) is 0.874. The van der Waals surface area contributed by atoms with Gasteiger partial charge in [0.25, 0.3) is 5.91 Å². The third kappa shape index (κ3) is 5.18. The van der Waals surface area contributed by atoms with Crippen LogP contribution in [0, 0.1) is 5.92 Å². The van der Waals surface area contributed by atoms with Crippen molar-refractivity contribution in [3.63, 3.8) is 0 Å². The number of amides is 1. The first-order valence-corrected chi connectivity index (χ1v) is 7.62. The first-order chi connectivity index (χ1) is 9.86. The third-order valence-corrected chi connectivity index (χ3v) is 3.83. The summed E-state index contributed by atoms with van der Waals surface area (Å²) in [6.45, 7) is 11.0. The minimum absolute atomic E-state index is 0. The maximum atomic E-state index is 12.0. The maximum absolute atomic E-state index is 12.0. The molecule has 1 aliphatic heterocycles. The van der Waals surface area contributed by atoms with Crippen LogP contribution in [-0.2, 0) is 10.2 Å². The van der Waals surface area contributed by atoms with Gasteiger partial charge >= 0.3 is 0 Å². The van der Waals surface area contributed by atoms with Gasteiger partial charge in [0.15, 0.2) is 6.10 Å². The van der Waals surface area contributed by atoms with E-state index in [0.29, 0.717) is 5.92 Å². The molecular formula is C17H27ClN2O2.